The number of carboxylic acids is 1. The number of carbonyl (C=O) groups is 1. The SMILES string of the molecule is CC1(C)Oc2ccc(Cl)cc2C(N(CC(=O)O)S(C)(=O)=O)C1O. The molecule has 23 heavy (non-hydrogen) atoms. The molecular weight excluding hydrogens is 346 g/mol. The van der Waals surface area contributed by atoms with Gasteiger partial charge in [-0.1, -0.05) is 11.6 Å². The molecule has 0 bridgehead atoms. The summed E-state index contributed by atoms with van der Waals surface area (Å²) in [5.41, 5.74) is -0.775. The van der Waals surface area contributed by atoms with Gasteiger partial charge >= 0.3 is 5.97 Å². The Kier molecular flexibility index (Phi) is 4.64. The van der Waals surface area contributed by atoms with E-state index >= 15 is 0 Å². The van der Waals surface area contributed by atoms with E-state index in [1.807, 2.05) is 0 Å². The lowest BCUT2D eigenvalue weighted by Gasteiger charge is -2.45. The fourth-order valence-corrected chi connectivity index (χ4v) is 3.77. The third-order valence-electron chi connectivity index (χ3n) is 3.70. The molecule has 0 fully saturated rings. The fourth-order valence-electron chi connectivity index (χ4n) is 2.61. The van der Waals surface area contributed by atoms with Gasteiger partial charge in [0.1, 0.15) is 24.0 Å². The molecule has 0 radical (unpaired) electrons. The summed E-state index contributed by atoms with van der Waals surface area (Å²) in [4.78, 5) is 11.1. The summed E-state index contributed by atoms with van der Waals surface area (Å²) < 4.78 is 30.6. The summed E-state index contributed by atoms with van der Waals surface area (Å²) in [6.07, 6.45) is -0.377. The number of sulfonamides is 1. The number of carboxylic acid groups (broad SMARTS) is 1. The van der Waals surface area contributed by atoms with E-state index in [0.29, 0.717) is 16.3 Å². The molecule has 128 valence electrons. The molecule has 0 amide bonds. The Bertz CT molecular complexity index is 733. The number of ether oxygens (including phenoxy) is 1. The summed E-state index contributed by atoms with van der Waals surface area (Å²) in [7, 11) is -3.90. The molecule has 1 aromatic rings. The van der Waals surface area contributed by atoms with Crippen LogP contribution in [0.4, 0.5) is 0 Å². The zero-order valence-electron chi connectivity index (χ0n) is 12.9. The lowest BCUT2D eigenvalue weighted by atomic mass is 9.86. The first-order chi connectivity index (χ1) is 10.4. The van der Waals surface area contributed by atoms with Crippen LogP contribution >= 0.6 is 11.6 Å². The Morgan fingerprint density at radius 2 is 2.04 bits per heavy atom. The van der Waals surface area contributed by atoms with Gasteiger partial charge in [0, 0.05) is 10.6 Å². The third-order valence-corrected chi connectivity index (χ3v) is 5.15. The number of benzene rings is 1. The van der Waals surface area contributed by atoms with Crippen molar-refractivity contribution in [2.75, 3.05) is 12.8 Å². The number of fused-ring (bicyclic) bond motifs is 1. The molecule has 2 unspecified atom stereocenters. The van der Waals surface area contributed by atoms with Crippen LogP contribution in [-0.2, 0) is 14.8 Å². The van der Waals surface area contributed by atoms with E-state index in [1.54, 1.807) is 26.0 Å². The van der Waals surface area contributed by atoms with Gasteiger partial charge in [-0.25, -0.2) is 8.42 Å². The third kappa shape index (κ3) is 3.60. The van der Waals surface area contributed by atoms with Gasteiger partial charge in [-0.3, -0.25) is 4.79 Å². The van der Waals surface area contributed by atoms with Crippen LogP contribution in [0.1, 0.15) is 25.5 Å². The van der Waals surface area contributed by atoms with Crippen LogP contribution in [-0.4, -0.2) is 53.4 Å². The van der Waals surface area contributed by atoms with Crippen LogP contribution in [0.5, 0.6) is 5.75 Å². The molecule has 1 heterocycles. The summed E-state index contributed by atoms with van der Waals surface area (Å²) >= 11 is 5.96. The second-order valence-electron chi connectivity index (χ2n) is 5.98. The highest BCUT2D eigenvalue weighted by molar-refractivity contribution is 7.88. The van der Waals surface area contributed by atoms with Gasteiger partial charge in [0.2, 0.25) is 10.0 Å². The molecule has 1 aliphatic rings. The number of aliphatic hydroxyl groups excluding tert-OH is 1. The summed E-state index contributed by atoms with van der Waals surface area (Å²) in [6, 6.07) is 3.51. The second kappa shape index (κ2) is 5.94. The molecule has 9 heteroatoms. The second-order valence-corrected chi connectivity index (χ2v) is 8.35. The van der Waals surface area contributed by atoms with E-state index in [4.69, 9.17) is 21.4 Å². The van der Waals surface area contributed by atoms with Gasteiger partial charge in [-0.2, -0.15) is 4.31 Å². The molecule has 2 atom stereocenters. The molecule has 0 spiro atoms. The largest absolute Gasteiger partial charge is 0.485 e. The Hall–Kier alpha value is -1.35. The average molecular weight is 364 g/mol. The molecule has 0 saturated carbocycles. The van der Waals surface area contributed by atoms with Gasteiger partial charge < -0.3 is 14.9 Å². The molecule has 0 aliphatic carbocycles. The minimum atomic E-state index is -3.90. The smallest absolute Gasteiger partial charge is 0.318 e. The number of halogens is 1. The van der Waals surface area contributed by atoms with Crippen molar-refractivity contribution in [3.8, 4) is 5.75 Å². The van der Waals surface area contributed by atoms with Gasteiger partial charge in [0.15, 0.2) is 0 Å². The fraction of sp³-hybridized carbons (Fsp3) is 0.500. The molecule has 0 aromatic heterocycles. The number of rotatable bonds is 4. The predicted molar refractivity (Wildman–Crippen MR) is 84.1 cm³/mol. The Labute approximate surface area is 139 Å². The van der Waals surface area contributed by atoms with E-state index in [9.17, 15) is 18.3 Å². The minimum absolute atomic E-state index is 0.327. The highest BCUT2D eigenvalue weighted by Gasteiger charge is 2.48. The highest BCUT2D eigenvalue weighted by Crippen LogP contribution is 2.44. The van der Waals surface area contributed by atoms with Crippen molar-refractivity contribution in [2.24, 2.45) is 0 Å². The molecule has 2 rings (SSSR count). The first kappa shape index (κ1) is 18.0. The quantitative estimate of drug-likeness (QED) is 0.834. The van der Waals surface area contributed by atoms with Crippen LogP contribution in [0.15, 0.2) is 18.2 Å². The normalized spacial score (nSPS) is 23.2. The highest BCUT2D eigenvalue weighted by atomic mass is 35.5. The Balaban J connectivity index is 2.66. The van der Waals surface area contributed by atoms with E-state index in [0.717, 1.165) is 10.6 Å². The Morgan fingerprint density at radius 3 is 2.57 bits per heavy atom. The summed E-state index contributed by atoms with van der Waals surface area (Å²) in [5, 5.41) is 20.0. The van der Waals surface area contributed by atoms with Crippen molar-refractivity contribution in [1.29, 1.82) is 0 Å². The minimum Gasteiger partial charge on any atom is -0.485 e. The maximum atomic E-state index is 12.1. The summed E-state index contributed by atoms with van der Waals surface area (Å²) in [6.45, 7) is 2.43. The van der Waals surface area contributed by atoms with E-state index in [-0.39, 0.29) is 0 Å². The number of hydrogen-bond acceptors (Lipinski definition) is 5. The Morgan fingerprint density at radius 1 is 1.43 bits per heavy atom. The standard InChI is InChI=1S/C14H18ClNO6S/c1-14(2)13(19)12(16(7-11(17)18)23(3,20)21)9-6-8(15)4-5-10(9)22-14/h4-6,12-13,19H,7H2,1-3H3,(H,17,18). The van der Waals surface area contributed by atoms with Crippen molar-refractivity contribution >= 4 is 27.6 Å². The number of nitrogens with zero attached hydrogens (tertiary/aromatic N) is 1. The van der Waals surface area contributed by atoms with Crippen LogP contribution in [0, 0.1) is 0 Å². The molecule has 7 nitrogen and oxygen atoms in total. The van der Waals surface area contributed by atoms with Crippen molar-refractivity contribution < 1.29 is 28.2 Å². The lowest BCUT2D eigenvalue weighted by Crippen LogP contribution is -2.55. The first-order valence-corrected chi connectivity index (χ1v) is 9.01. The maximum Gasteiger partial charge on any atom is 0.318 e. The molecule has 2 N–H and O–H groups in total. The van der Waals surface area contributed by atoms with Crippen LogP contribution < -0.4 is 4.74 Å². The van der Waals surface area contributed by atoms with E-state index < -0.39 is 40.3 Å². The molecule has 0 saturated heterocycles. The maximum absolute atomic E-state index is 12.1. The first-order valence-electron chi connectivity index (χ1n) is 6.78. The number of aliphatic carboxylic acids is 1. The summed E-state index contributed by atoms with van der Waals surface area (Å²) in [5.74, 6) is -0.968. The van der Waals surface area contributed by atoms with Crippen molar-refractivity contribution in [2.45, 2.75) is 31.6 Å². The number of aliphatic hydroxyl groups is 1. The number of hydrogen-bond donors (Lipinski definition) is 2. The van der Waals surface area contributed by atoms with E-state index in [2.05, 4.69) is 0 Å². The average Bonchev–Trinajstić information content (AvgIpc) is 2.38. The zero-order valence-corrected chi connectivity index (χ0v) is 14.4. The molecule has 1 aliphatic heterocycles. The van der Waals surface area contributed by atoms with Crippen LogP contribution in [0.25, 0.3) is 0 Å². The van der Waals surface area contributed by atoms with Crippen molar-refractivity contribution in [3.63, 3.8) is 0 Å². The molecule has 1 aromatic carbocycles. The topological polar surface area (TPSA) is 104 Å². The van der Waals surface area contributed by atoms with E-state index in [1.165, 1.54) is 6.07 Å². The monoisotopic (exact) mass is 363 g/mol. The van der Waals surface area contributed by atoms with Gasteiger partial charge in [-0.15, -0.1) is 0 Å². The van der Waals surface area contributed by atoms with Crippen LogP contribution in [0.2, 0.25) is 5.02 Å². The predicted octanol–water partition coefficient (Wildman–Crippen LogP) is 1.26. The lowest BCUT2D eigenvalue weighted by molar-refractivity contribution is -0.139. The van der Waals surface area contributed by atoms with Gasteiger partial charge in [-0.05, 0) is 32.0 Å². The zero-order chi connectivity index (χ0) is 17.6. The van der Waals surface area contributed by atoms with Crippen molar-refractivity contribution in [1.82, 2.24) is 4.31 Å². The molecular formula is C14H18ClNO6S. The van der Waals surface area contributed by atoms with Crippen LogP contribution in [0.3, 0.4) is 0 Å². The van der Waals surface area contributed by atoms with Gasteiger partial charge in [0.05, 0.1) is 12.3 Å². The van der Waals surface area contributed by atoms with Gasteiger partial charge in [0.25, 0.3) is 0 Å². The van der Waals surface area contributed by atoms with Crippen molar-refractivity contribution in [3.05, 3.63) is 28.8 Å².